The second kappa shape index (κ2) is 7.59. The van der Waals surface area contributed by atoms with E-state index in [9.17, 15) is 4.79 Å². The number of halogens is 3. The summed E-state index contributed by atoms with van der Waals surface area (Å²) in [4.78, 5) is 10.8. The number of benzene rings is 1. The third kappa shape index (κ3) is 4.65. The average Bonchev–Trinajstić information content (AvgIpc) is 2.43. The molecule has 0 spiro atoms. The summed E-state index contributed by atoms with van der Waals surface area (Å²) in [6, 6.07) is 5.13. The van der Waals surface area contributed by atoms with Crippen molar-refractivity contribution in [2.24, 2.45) is 0 Å². The van der Waals surface area contributed by atoms with Crippen LogP contribution in [0.1, 0.15) is 30.9 Å². The van der Waals surface area contributed by atoms with E-state index >= 15 is 0 Å². The van der Waals surface area contributed by atoms with E-state index in [1.807, 2.05) is 13.8 Å². The van der Waals surface area contributed by atoms with Crippen LogP contribution in [0, 0.1) is 0 Å². The first-order chi connectivity index (χ1) is 10.8. The quantitative estimate of drug-likeness (QED) is 0.659. The number of hydrogen-bond donors (Lipinski definition) is 1. The Labute approximate surface area is 155 Å². The van der Waals surface area contributed by atoms with Crippen LogP contribution < -0.4 is 4.74 Å². The van der Waals surface area contributed by atoms with E-state index in [1.165, 1.54) is 0 Å². The molecule has 1 aromatic carbocycles. The third-order valence-electron chi connectivity index (χ3n) is 3.00. The van der Waals surface area contributed by atoms with E-state index in [0.29, 0.717) is 31.3 Å². The van der Waals surface area contributed by atoms with Crippen molar-refractivity contribution in [3.05, 3.63) is 43.4 Å². The maximum absolute atomic E-state index is 10.8. The molecule has 0 aliphatic rings. The third-order valence-corrected chi connectivity index (χ3v) is 4.47. The molecule has 0 aliphatic heterocycles. The zero-order chi connectivity index (χ0) is 17.1. The zero-order valence-electron chi connectivity index (χ0n) is 12.3. The lowest BCUT2D eigenvalue weighted by molar-refractivity contribution is -0.136. The number of ether oxygens (including phenoxy) is 1. The Hall–Kier alpha value is -1.18. The summed E-state index contributed by atoms with van der Waals surface area (Å²) >= 11 is 12.8. The number of hydrogen-bond acceptors (Lipinski definition) is 4. The molecule has 0 bridgehead atoms. The fourth-order valence-electron chi connectivity index (χ4n) is 1.92. The van der Waals surface area contributed by atoms with Gasteiger partial charge in [0.25, 0.3) is 0 Å². The average molecular weight is 465 g/mol. The minimum atomic E-state index is -0.900. The molecule has 0 fully saturated rings. The molecule has 1 heterocycles. The van der Waals surface area contributed by atoms with Gasteiger partial charge >= 0.3 is 5.97 Å². The van der Waals surface area contributed by atoms with E-state index in [4.69, 9.17) is 21.4 Å². The van der Waals surface area contributed by atoms with Crippen LogP contribution in [0.4, 0.5) is 0 Å². The highest BCUT2D eigenvalue weighted by atomic mass is 79.9. The van der Waals surface area contributed by atoms with Crippen LogP contribution in [-0.4, -0.2) is 21.3 Å². The van der Waals surface area contributed by atoms with Crippen molar-refractivity contribution < 1.29 is 14.6 Å². The Bertz CT molecular complexity index is 730. The van der Waals surface area contributed by atoms with Gasteiger partial charge in [0, 0.05) is 6.07 Å². The Morgan fingerprint density at radius 2 is 1.87 bits per heavy atom. The summed E-state index contributed by atoms with van der Waals surface area (Å²) in [5, 5.41) is 17.0. The van der Waals surface area contributed by atoms with Crippen LogP contribution in [0.3, 0.4) is 0 Å². The Kier molecular flexibility index (Phi) is 6.00. The molecule has 122 valence electrons. The topological polar surface area (TPSA) is 72.3 Å². The molecule has 0 atom stereocenters. The summed E-state index contributed by atoms with van der Waals surface area (Å²) in [7, 11) is 0. The molecular formula is C15H13Br2ClN2O3. The molecule has 2 aromatic rings. The molecule has 0 amide bonds. The minimum absolute atomic E-state index is 0.0737. The van der Waals surface area contributed by atoms with Crippen LogP contribution >= 0.6 is 43.5 Å². The maximum Gasteiger partial charge on any atom is 0.307 e. The minimum Gasteiger partial charge on any atom is -0.481 e. The van der Waals surface area contributed by atoms with Gasteiger partial charge < -0.3 is 9.84 Å². The molecule has 0 saturated heterocycles. The standard InChI is InChI=1S/C15H13Br2ClN2O3/c1-7(2)9-6-12(19-20-15(9)18)23-14-10(16)3-8(4-11(14)17)5-13(21)22/h3-4,6-7H,5H2,1-2H3,(H,21,22). The first-order valence-electron chi connectivity index (χ1n) is 6.68. The maximum atomic E-state index is 10.8. The zero-order valence-corrected chi connectivity index (χ0v) is 16.2. The molecule has 0 radical (unpaired) electrons. The van der Waals surface area contributed by atoms with Crippen LogP contribution in [0.15, 0.2) is 27.1 Å². The summed E-state index contributed by atoms with van der Waals surface area (Å²) < 4.78 is 7.01. The number of aliphatic carboxylic acids is 1. The van der Waals surface area contributed by atoms with Gasteiger partial charge in [-0.05, 0) is 61.0 Å². The lowest BCUT2D eigenvalue weighted by Gasteiger charge is -2.12. The molecule has 0 aliphatic carbocycles. The van der Waals surface area contributed by atoms with Gasteiger partial charge in [-0.3, -0.25) is 4.79 Å². The van der Waals surface area contributed by atoms with Crippen molar-refractivity contribution in [2.45, 2.75) is 26.2 Å². The number of carboxylic acid groups (broad SMARTS) is 1. The highest BCUT2D eigenvalue weighted by Gasteiger charge is 2.15. The second-order valence-electron chi connectivity index (χ2n) is 5.14. The fourth-order valence-corrected chi connectivity index (χ4v) is 3.67. The summed E-state index contributed by atoms with van der Waals surface area (Å²) in [5.74, 6) is 0.0868. The van der Waals surface area contributed by atoms with Crippen LogP contribution in [0.5, 0.6) is 11.6 Å². The highest BCUT2D eigenvalue weighted by molar-refractivity contribution is 9.11. The highest BCUT2D eigenvalue weighted by Crippen LogP contribution is 2.38. The Morgan fingerprint density at radius 3 is 2.39 bits per heavy atom. The molecule has 2 rings (SSSR count). The fraction of sp³-hybridized carbons (Fsp3) is 0.267. The van der Waals surface area contributed by atoms with Crippen LogP contribution in [0.2, 0.25) is 5.15 Å². The van der Waals surface area contributed by atoms with Gasteiger partial charge in [-0.1, -0.05) is 25.4 Å². The van der Waals surface area contributed by atoms with Crippen LogP contribution in [0.25, 0.3) is 0 Å². The Balaban J connectivity index is 2.33. The Morgan fingerprint density at radius 1 is 1.26 bits per heavy atom. The molecule has 8 heteroatoms. The van der Waals surface area contributed by atoms with Gasteiger partial charge in [-0.2, -0.15) is 0 Å². The predicted octanol–water partition coefficient (Wildman–Crippen LogP) is 5.20. The van der Waals surface area contributed by atoms with Crippen molar-refractivity contribution >= 4 is 49.4 Å². The van der Waals surface area contributed by atoms with Crippen molar-refractivity contribution in [1.82, 2.24) is 10.2 Å². The first-order valence-corrected chi connectivity index (χ1v) is 8.65. The van der Waals surface area contributed by atoms with Crippen molar-refractivity contribution in [2.75, 3.05) is 0 Å². The molecule has 0 saturated carbocycles. The van der Waals surface area contributed by atoms with Crippen molar-refractivity contribution in [3.8, 4) is 11.6 Å². The van der Waals surface area contributed by atoms with Gasteiger partial charge in [0.1, 0.15) is 0 Å². The van der Waals surface area contributed by atoms with E-state index in [-0.39, 0.29) is 12.3 Å². The predicted molar refractivity (Wildman–Crippen MR) is 94.4 cm³/mol. The summed E-state index contributed by atoms with van der Waals surface area (Å²) in [6.45, 7) is 4.00. The second-order valence-corrected chi connectivity index (χ2v) is 7.21. The molecule has 23 heavy (non-hydrogen) atoms. The van der Waals surface area contributed by atoms with Gasteiger partial charge in [-0.15, -0.1) is 10.2 Å². The van der Waals surface area contributed by atoms with E-state index in [2.05, 4.69) is 42.1 Å². The smallest absolute Gasteiger partial charge is 0.307 e. The summed E-state index contributed by atoms with van der Waals surface area (Å²) in [5.41, 5.74) is 1.49. The van der Waals surface area contributed by atoms with E-state index < -0.39 is 5.97 Å². The van der Waals surface area contributed by atoms with Gasteiger partial charge in [0.05, 0.1) is 15.4 Å². The first kappa shape index (κ1) is 18.2. The lowest BCUT2D eigenvalue weighted by atomic mass is 10.1. The van der Waals surface area contributed by atoms with E-state index in [0.717, 1.165) is 5.56 Å². The van der Waals surface area contributed by atoms with Gasteiger partial charge in [0.2, 0.25) is 5.88 Å². The SMILES string of the molecule is CC(C)c1cc(Oc2c(Br)cc(CC(=O)O)cc2Br)nnc1Cl. The number of nitrogens with zero attached hydrogens (tertiary/aromatic N) is 2. The molecule has 0 unspecified atom stereocenters. The normalized spacial score (nSPS) is 10.9. The van der Waals surface area contributed by atoms with E-state index in [1.54, 1.807) is 18.2 Å². The number of aromatic nitrogens is 2. The largest absolute Gasteiger partial charge is 0.481 e. The van der Waals surface area contributed by atoms with Crippen molar-refractivity contribution in [1.29, 1.82) is 0 Å². The number of rotatable bonds is 5. The monoisotopic (exact) mass is 462 g/mol. The van der Waals surface area contributed by atoms with Gasteiger partial charge in [-0.25, -0.2) is 0 Å². The van der Waals surface area contributed by atoms with Crippen LogP contribution in [-0.2, 0) is 11.2 Å². The number of carbonyl (C=O) groups is 1. The number of carboxylic acids is 1. The molecule has 1 aromatic heterocycles. The molecular weight excluding hydrogens is 451 g/mol. The van der Waals surface area contributed by atoms with Crippen molar-refractivity contribution in [3.63, 3.8) is 0 Å². The molecule has 5 nitrogen and oxygen atoms in total. The molecule has 1 N–H and O–H groups in total. The van der Waals surface area contributed by atoms with Gasteiger partial charge in [0.15, 0.2) is 10.9 Å². The lowest BCUT2D eigenvalue weighted by Crippen LogP contribution is -2.01. The summed E-state index contributed by atoms with van der Waals surface area (Å²) in [6.07, 6.45) is -0.0737.